The summed E-state index contributed by atoms with van der Waals surface area (Å²) in [7, 11) is 3.97. The van der Waals surface area contributed by atoms with Crippen LogP contribution in [0.5, 0.6) is 5.75 Å². The first-order valence-corrected chi connectivity index (χ1v) is 13.2. The van der Waals surface area contributed by atoms with Gasteiger partial charge in [0, 0.05) is 36.6 Å². The molecule has 0 radical (unpaired) electrons. The van der Waals surface area contributed by atoms with E-state index in [0.717, 1.165) is 59.9 Å². The van der Waals surface area contributed by atoms with Gasteiger partial charge < -0.3 is 20.6 Å². The Morgan fingerprint density at radius 3 is 2.32 bits per heavy atom. The summed E-state index contributed by atoms with van der Waals surface area (Å²) in [4.78, 5) is 31.6. The van der Waals surface area contributed by atoms with Gasteiger partial charge in [0.1, 0.15) is 0 Å². The number of likely N-dealkylation sites (N-methyl/N-ethyl adjacent to an activating group) is 1. The number of hydrogen-bond donors (Lipinski definition) is 3. The highest BCUT2D eigenvalue weighted by atomic mass is 35.5. The number of halogens is 3. The van der Waals surface area contributed by atoms with E-state index in [-0.39, 0.29) is 51.9 Å². The van der Waals surface area contributed by atoms with Gasteiger partial charge in [0.05, 0.1) is 26.8 Å². The third-order valence-corrected chi connectivity index (χ3v) is 7.48. The average molecular weight is 580 g/mol. The molecular weight excluding hydrogens is 547 g/mol. The molecule has 2 aromatic carbocycles. The van der Waals surface area contributed by atoms with E-state index < -0.39 is 0 Å². The van der Waals surface area contributed by atoms with Crippen molar-refractivity contribution in [2.24, 2.45) is 5.92 Å². The molecule has 0 unspecified atom stereocenters. The number of ketones is 1. The number of hydrogen-bond acceptors (Lipinski definition) is 6. The van der Waals surface area contributed by atoms with E-state index >= 15 is 0 Å². The molecular formula is C28H33Cl3N4O3. The van der Waals surface area contributed by atoms with Crippen LogP contribution in [-0.4, -0.2) is 59.9 Å². The van der Waals surface area contributed by atoms with Crippen LogP contribution >= 0.6 is 35.6 Å². The molecule has 38 heavy (non-hydrogen) atoms. The number of nitrogens with zero attached hydrogens (tertiary/aromatic N) is 2. The van der Waals surface area contributed by atoms with Crippen LogP contribution < -0.4 is 10.6 Å². The maximum Gasteiger partial charge on any atom is 0.223 e. The molecule has 0 spiro atoms. The van der Waals surface area contributed by atoms with Crippen LogP contribution in [0.1, 0.15) is 43.0 Å². The van der Waals surface area contributed by atoms with Crippen molar-refractivity contribution in [2.45, 2.75) is 38.6 Å². The minimum absolute atomic E-state index is 0. The smallest absolute Gasteiger partial charge is 0.223 e. The second-order valence-electron chi connectivity index (χ2n) is 9.91. The van der Waals surface area contributed by atoms with Crippen molar-refractivity contribution in [1.29, 1.82) is 0 Å². The number of phenols is 1. The van der Waals surface area contributed by atoms with Crippen LogP contribution in [0.15, 0.2) is 36.5 Å². The lowest BCUT2D eigenvalue weighted by Crippen LogP contribution is -2.38. The number of aromatic nitrogens is 1. The second-order valence-corrected chi connectivity index (χ2v) is 10.7. The highest BCUT2D eigenvalue weighted by Gasteiger charge is 2.27. The number of fused-ring (bicyclic) bond motifs is 1. The predicted octanol–water partition coefficient (Wildman–Crippen LogP) is 6.19. The third-order valence-electron chi connectivity index (χ3n) is 6.90. The Hall–Kier alpha value is -2.58. The average Bonchev–Trinajstić information content (AvgIpc) is 2.86. The molecule has 0 bridgehead atoms. The van der Waals surface area contributed by atoms with Crippen LogP contribution in [0.25, 0.3) is 22.0 Å². The number of benzene rings is 2. The molecule has 3 aromatic rings. The molecule has 10 heteroatoms. The van der Waals surface area contributed by atoms with Crippen LogP contribution in [0.4, 0.5) is 5.69 Å². The van der Waals surface area contributed by atoms with Crippen LogP contribution in [0, 0.1) is 5.92 Å². The van der Waals surface area contributed by atoms with Gasteiger partial charge in [-0.05, 0) is 82.1 Å². The SMILES string of the molecule is CC(=O)c1cnc2ccc(-c3cc(Cl)c(O)c(Cl)c3)cc2c1N[C@H]1CC[C@H](C(=O)NCCN(C)C)CC1.Cl. The molecule has 0 saturated heterocycles. The first-order valence-electron chi connectivity index (χ1n) is 12.4. The largest absolute Gasteiger partial charge is 0.505 e. The van der Waals surface area contributed by atoms with E-state index in [1.54, 1.807) is 18.3 Å². The maximum atomic E-state index is 12.6. The molecule has 1 aliphatic rings. The topological polar surface area (TPSA) is 94.6 Å². The summed E-state index contributed by atoms with van der Waals surface area (Å²) in [6, 6.07) is 9.21. The minimum Gasteiger partial charge on any atom is -0.505 e. The number of pyridine rings is 1. The lowest BCUT2D eigenvalue weighted by Gasteiger charge is -2.30. The zero-order valence-electron chi connectivity index (χ0n) is 21.7. The van der Waals surface area contributed by atoms with Gasteiger partial charge in [-0.2, -0.15) is 0 Å². The Balaban J connectivity index is 0.00000400. The number of aromatic hydroxyl groups is 1. The molecule has 1 fully saturated rings. The van der Waals surface area contributed by atoms with Crippen molar-refractivity contribution in [3.05, 3.63) is 52.1 Å². The standard InChI is InChI=1S/C28H32Cl2N4O3.ClH/c1-16(35)22-15-32-25-9-6-18(19-13-23(29)27(36)24(30)14-19)12-21(25)26(22)33-20-7-4-17(5-8-20)28(37)31-10-11-34(2)3;/h6,9,12-15,17,20,36H,4-5,7-8,10-11H2,1-3H3,(H,31,37)(H,32,33);1H/t17-,20-;. The van der Waals surface area contributed by atoms with Crippen LogP contribution in [-0.2, 0) is 4.79 Å². The zero-order chi connectivity index (χ0) is 26.7. The molecule has 0 aliphatic heterocycles. The number of carbonyl (C=O) groups excluding carboxylic acids is 2. The van der Waals surface area contributed by atoms with E-state index in [1.807, 2.05) is 37.2 Å². The summed E-state index contributed by atoms with van der Waals surface area (Å²) in [6.45, 7) is 3.00. The van der Waals surface area contributed by atoms with Gasteiger partial charge in [0.15, 0.2) is 11.5 Å². The highest BCUT2D eigenvalue weighted by Crippen LogP contribution is 2.38. The first-order chi connectivity index (χ1) is 17.6. The molecule has 1 saturated carbocycles. The number of carbonyl (C=O) groups is 2. The second kappa shape index (κ2) is 13.0. The summed E-state index contributed by atoms with van der Waals surface area (Å²) in [6.07, 6.45) is 4.86. The van der Waals surface area contributed by atoms with E-state index in [0.29, 0.717) is 12.1 Å². The summed E-state index contributed by atoms with van der Waals surface area (Å²) in [5, 5.41) is 17.7. The predicted molar refractivity (Wildman–Crippen MR) is 157 cm³/mol. The Morgan fingerprint density at radius 2 is 1.71 bits per heavy atom. The van der Waals surface area contributed by atoms with Crippen molar-refractivity contribution < 1.29 is 14.7 Å². The fourth-order valence-corrected chi connectivity index (χ4v) is 5.26. The van der Waals surface area contributed by atoms with E-state index in [1.165, 1.54) is 6.92 Å². The number of nitrogens with one attached hydrogen (secondary N) is 2. The maximum absolute atomic E-state index is 12.6. The van der Waals surface area contributed by atoms with Crippen molar-refractivity contribution in [2.75, 3.05) is 32.5 Å². The summed E-state index contributed by atoms with van der Waals surface area (Å²) < 4.78 is 0. The Morgan fingerprint density at radius 1 is 1.05 bits per heavy atom. The molecule has 0 atom stereocenters. The van der Waals surface area contributed by atoms with Gasteiger partial charge in [-0.25, -0.2) is 0 Å². The fourth-order valence-electron chi connectivity index (χ4n) is 4.78. The van der Waals surface area contributed by atoms with Crippen LogP contribution in [0.2, 0.25) is 10.0 Å². The molecule has 3 N–H and O–H groups in total. The number of anilines is 1. The molecule has 1 aromatic heterocycles. The van der Waals surface area contributed by atoms with Crippen molar-refractivity contribution in [3.63, 3.8) is 0 Å². The number of rotatable bonds is 8. The fraction of sp³-hybridized carbons (Fsp3) is 0.393. The number of Topliss-reactive ketones (excluding diaryl/α,β-unsaturated/α-hetero) is 1. The van der Waals surface area contributed by atoms with Gasteiger partial charge in [0.2, 0.25) is 5.91 Å². The van der Waals surface area contributed by atoms with Gasteiger partial charge >= 0.3 is 0 Å². The van der Waals surface area contributed by atoms with Crippen molar-refractivity contribution >= 4 is 63.9 Å². The minimum atomic E-state index is -0.155. The van der Waals surface area contributed by atoms with Gasteiger partial charge in [-0.1, -0.05) is 29.3 Å². The number of phenolic OH excluding ortho intramolecular Hbond substituents is 1. The third kappa shape index (κ3) is 6.89. The zero-order valence-corrected chi connectivity index (χ0v) is 24.0. The van der Waals surface area contributed by atoms with Gasteiger partial charge in [-0.15, -0.1) is 12.4 Å². The first kappa shape index (κ1) is 30.0. The molecule has 204 valence electrons. The van der Waals surface area contributed by atoms with E-state index in [4.69, 9.17) is 23.2 Å². The highest BCUT2D eigenvalue weighted by molar-refractivity contribution is 6.37. The lowest BCUT2D eigenvalue weighted by molar-refractivity contribution is -0.125. The van der Waals surface area contributed by atoms with Crippen molar-refractivity contribution in [3.8, 4) is 16.9 Å². The summed E-state index contributed by atoms with van der Waals surface area (Å²) in [5.74, 6) is -0.100. The van der Waals surface area contributed by atoms with E-state index in [2.05, 4.69) is 15.6 Å². The van der Waals surface area contributed by atoms with E-state index in [9.17, 15) is 14.7 Å². The van der Waals surface area contributed by atoms with Crippen LogP contribution in [0.3, 0.4) is 0 Å². The molecule has 1 amide bonds. The Bertz CT molecular complexity index is 1300. The van der Waals surface area contributed by atoms with Gasteiger partial charge in [0.25, 0.3) is 0 Å². The Kier molecular flexibility index (Phi) is 10.2. The van der Waals surface area contributed by atoms with Gasteiger partial charge in [-0.3, -0.25) is 14.6 Å². The molecule has 1 aliphatic carbocycles. The quantitative estimate of drug-likeness (QED) is 0.276. The van der Waals surface area contributed by atoms with Crippen molar-refractivity contribution in [1.82, 2.24) is 15.2 Å². The summed E-state index contributed by atoms with van der Waals surface area (Å²) >= 11 is 12.3. The number of amides is 1. The normalized spacial score (nSPS) is 17.2. The molecule has 1 heterocycles. The molecule has 7 nitrogen and oxygen atoms in total. The lowest BCUT2D eigenvalue weighted by atomic mass is 9.85. The molecule has 4 rings (SSSR count). The monoisotopic (exact) mass is 578 g/mol. The Labute approximate surface area is 239 Å². The summed E-state index contributed by atoms with van der Waals surface area (Å²) in [5.41, 5.74) is 3.60.